The third-order valence-electron chi connectivity index (χ3n) is 5.87. The van der Waals surface area contributed by atoms with Gasteiger partial charge in [-0.25, -0.2) is 4.79 Å². The van der Waals surface area contributed by atoms with Gasteiger partial charge >= 0.3 is 5.97 Å². The molecule has 1 aromatic heterocycles. The van der Waals surface area contributed by atoms with E-state index >= 15 is 0 Å². The molecule has 0 saturated heterocycles. The van der Waals surface area contributed by atoms with Crippen LogP contribution >= 0.6 is 0 Å². The maximum atomic E-state index is 11.6. The van der Waals surface area contributed by atoms with E-state index in [0.29, 0.717) is 30.6 Å². The predicted molar refractivity (Wildman–Crippen MR) is 144 cm³/mol. The van der Waals surface area contributed by atoms with Crippen molar-refractivity contribution in [1.29, 1.82) is 0 Å². The Morgan fingerprint density at radius 1 is 0.632 bits per heavy atom. The van der Waals surface area contributed by atoms with Gasteiger partial charge in [0.05, 0.1) is 25.9 Å². The first-order valence-electron chi connectivity index (χ1n) is 12.2. The predicted octanol–water partition coefficient (Wildman–Crippen LogP) is 6.71. The average molecular weight is 507 g/mol. The molecule has 7 nitrogen and oxygen atoms in total. The number of rotatable bonds is 10. The molecule has 4 aromatic carbocycles. The molecule has 0 spiro atoms. The highest BCUT2D eigenvalue weighted by Crippen LogP contribution is 2.28. The summed E-state index contributed by atoms with van der Waals surface area (Å²) >= 11 is 0. The summed E-state index contributed by atoms with van der Waals surface area (Å²) < 4.78 is 22.1. The van der Waals surface area contributed by atoms with Gasteiger partial charge in [-0.3, -0.25) is 0 Å². The molecule has 7 heteroatoms. The first-order valence-corrected chi connectivity index (χ1v) is 12.2. The van der Waals surface area contributed by atoms with Crippen molar-refractivity contribution in [1.82, 2.24) is 10.2 Å². The number of ether oxygens (including phenoxy) is 3. The Morgan fingerprint density at radius 3 is 1.66 bits per heavy atom. The summed E-state index contributed by atoms with van der Waals surface area (Å²) in [6, 6.07) is 32.5. The Morgan fingerprint density at radius 2 is 1.11 bits per heavy atom. The van der Waals surface area contributed by atoms with E-state index in [1.54, 1.807) is 24.3 Å². The van der Waals surface area contributed by atoms with E-state index in [0.717, 1.165) is 40.2 Å². The standard InChI is InChI=1S/C31H26N2O5/c1-35-31(34)26-14-12-25(13-15-26)30-33-32-29(38-30)24-10-8-22(9-11-24)23-16-18-28(19-17-23)37-21-5-20-36-27-6-3-2-4-7-27/h2-4,6-19H,5,20-21H2,1H3. The minimum Gasteiger partial charge on any atom is -0.493 e. The molecule has 0 fully saturated rings. The normalized spacial score (nSPS) is 10.7. The van der Waals surface area contributed by atoms with E-state index in [1.807, 2.05) is 78.9 Å². The monoisotopic (exact) mass is 506 g/mol. The van der Waals surface area contributed by atoms with Crippen LogP contribution in [0.5, 0.6) is 11.5 Å². The summed E-state index contributed by atoms with van der Waals surface area (Å²) in [5.74, 6) is 2.10. The van der Waals surface area contributed by atoms with Gasteiger partial charge < -0.3 is 18.6 Å². The van der Waals surface area contributed by atoms with Gasteiger partial charge in [0.1, 0.15) is 11.5 Å². The highest BCUT2D eigenvalue weighted by atomic mass is 16.5. The van der Waals surface area contributed by atoms with Gasteiger partial charge in [0.15, 0.2) is 0 Å². The number of carbonyl (C=O) groups is 1. The molecule has 0 aliphatic heterocycles. The van der Waals surface area contributed by atoms with Crippen LogP contribution in [0.25, 0.3) is 34.0 Å². The largest absolute Gasteiger partial charge is 0.493 e. The molecule has 38 heavy (non-hydrogen) atoms. The van der Waals surface area contributed by atoms with E-state index in [2.05, 4.69) is 10.2 Å². The Kier molecular flexibility index (Phi) is 7.75. The quantitative estimate of drug-likeness (QED) is 0.154. The first kappa shape index (κ1) is 24.8. The lowest BCUT2D eigenvalue weighted by molar-refractivity contribution is 0.0600. The Hall–Kier alpha value is -4.91. The van der Waals surface area contributed by atoms with Crippen LogP contribution in [0.15, 0.2) is 108 Å². The second-order valence-corrected chi connectivity index (χ2v) is 8.45. The van der Waals surface area contributed by atoms with Crippen LogP contribution in [0.1, 0.15) is 16.8 Å². The van der Waals surface area contributed by atoms with Crippen molar-refractivity contribution in [2.24, 2.45) is 0 Å². The van der Waals surface area contributed by atoms with Gasteiger partial charge in [0.25, 0.3) is 0 Å². The third kappa shape index (κ3) is 6.07. The SMILES string of the molecule is COC(=O)c1ccc(-c2nnc(-c3ccc(-c4ccc(OCCCOc5ccccc5)cc4)cc3)o2)cc1. The van der Waals surface area contributed by atoms with Gasteiger partial charge in [-0.05, 0) is 71.8 Å². The lowest BCUT2D eigenvalue weighted by atomic mass is 10.0. The lowest BCUT2D eigenvalue weighted by Gasteiger charge is -2.09. The Labute approximate surface area is 220 Å². The van der Waals surface area contributed by atoms with Crippen molar-refractivity contribution in [2.75, 3.05) is 20.3 Å². The number of para-hydroxylation sites is 1. The van der Waals surface area contributed by atoms with E-state index in [4.69, 9.17) is 18.6 Å². The molecule has 0 aliphatic carbocycles. The summed E-state index contributed by atoms with van der Waals surface area (Å²) in [6.07, 6.45) is 0.800. The van der Waals surface area contributed by atoms with Crippen LogP contribution in [0, 0.1) is 0 Å². The van der Waals surface area contributed by atoms with E-state index in [-0.39, 0.29) is 0 Å². The molecule has 0 unspecified atom stereocenters. The molecule has 0 aliphatic rings. The second kappa shape index (κ2) is 11.9. The van der Waals surface area contributed by atoms with Crippen molar-refractivity contribution in [3.63, 3.8) is 0 Å². The van der Waals surface area contributed by atoms with Gasteiger partial charge in [-0.2, -0.15) is 0 Å². The lowest BCUT2D eigenvalue weighted by Crippen LogP contribution is -2.04. The van der Waals surface area contributed by atoms with Crippen LogP contribution in [-0.2, 0) is 4.74 Å². The van der Waals surface area contributed by atoms with E-state index < -0.39 is 5.97 Å². The second-order valence-electron chi connectivity index (χ2n) is 8.45. The minimum atomic E-state index is -0.394. The molecule has 0 radical (unpaired) electrons. The average Bonchev–Trinajstić information content (AvgIpc) is 3.48. The fourth-order valence-electron chi connectivity index (χ4n) is 3.83. The van der Waals surface area contributed by atoms with Crippen LogP contribution in [0.4, 0.5) is 0 Å². The summed E-state index contributed by atoms with van der Waals surface area (Å²) in [4.78, 5) is 11.6. The number of hydrogen-bond donors (Lipinski definition) is 0. The number of benzene rings is 4. The van der Waals surface area contributed by atoms with E-state index in [9.17, 15) is 4.79 Å². The first-order chi connectivity index (χ1) is 18.7. The molecule has 0 saturated carbocycles. The van der Waals surface area contributed by atoms with Crippen molar-refractivity contribution in [2.45, 2.75) is 6.42 Å². The summed E-state index contributed by atoms with van der Waals surface area (Å²) in [5, 5.41) is 8.32. The smallest absolute Gasteiger partial charge is 0.337 e. The number of hydrogen-bond acceptors (Lipinski definition) is 7. The maximum absolute atomic E-state index is 11.6. The summed E-state index contributed by atoms with van der Waals surface area (Å²) in [6.45, 7) is 1.19. The molecular weight excluding hydrogens is 480 g/mol. The molecule has 5 aromatic rings. The zero-order valence-electron chi connectivity index (χ0n) is 20.9. The van der Waals surface area contributed by atoms with Crippen molar-refractivity contribution < 1.29 is 23.4 Å². The fourth-order valence-corrected chi connectivity index (χ4v) is 3.83. The van der Waals surface area contributed by atoms with Crippen LogP contribution in [0.3, 0.4) is 0 Å². The molecule has 0 atom stereocenters. The van der Waals surface area contributed by atoms with Gasteiger partial charge in [0.2, 0.25) is 11.8 Å². The fraction of sp³-hybridized carbons (Fsp3) is 0.129. The van der Waals surface area contributed by atoms with Crippen LogP contribution in [-0.4, -0.2) is 36.5 Å². The molecule has 1 heterocycles. The number of nitrogens with zero attached hydrogens (tertiary/aromatic N) is 2. The molecule has 0 amide bonds. The van der Waals surface area contributed by atoms with E-state index in [1.165, 1.54) is 7.11 Å². The molecule has 190 valence electrons. The van der Waals surface area contributed by atoms with Crippen LogP contribution < -0.4 is 9.47 Å². The van der Waals surface area contributed by atoms with Crippen molar-refractivity contribution >= 4 is 5.97 Å². The van der Waals surface area contributed by atoms with Gasteiger partial charge in [-0.1, -0.05) is 42.5 Å². The number of esters is 1. The highest BCUT2D eigenvalue weighted by molar-refractivity contribution is 5.89. The summed E-state index contributed by atoms with van der Waals surface area (Å²) in [5.41, 5.74) is 4.14. The number of carbonyl (C=O) groups excluding carboxylic acids is 1. The maximum Gasteiger partial charge on any atom is 0.337 e. The van der Waals surface area contributed by atoms with Crippen molar-refractivity contribution in [3.8, 4) is 45.5 Å². The third-order valence-corrected chi connectivity index (χ3v) is 5.87. The number of methoxy groups -OCH3 is 1. The highest BCUT2D eigenvalue weighted by Gasteiger charge is 2.12. The van der Waals surface area contributed by atoms with Crippen LogP contribution in [0.2, 0.25) is 0 Å². The zero-order valence-corrected chi connectivity index (χ0v) is 20.9. The number of aromatic nitrogens is 2. The molecule has 5 rings (SSSR count). The summed E-state index contributed by atoms with van der Waals surface area (Å²) in [7, 11) is 1.35. The Bertz CT molecular complexity index is 1460. The Balaban J connectivity index is 1.15. The topological polar surface area (TPSA) is 83.7 Å². The minimum absolute atomic E-state index is 0.378. The molecular formula is C31H26N2O5. The van der Waals surface area contributed by atoms with Gasteiger partial charge in [-0.15, -0.1) is 10.2 Å². The molecule has 0 N–H and O–H groups in total. The van der Waals surface area contributed by atoms with Crippen molar-refractivity contribution in [3.05, 3.63) is 109 Å². The van der Waals surface area contributed by atoms with Gasteiger partial charge in [0, 0.05) is 17.5 Å². The molecule has 0 bridgehead atoms. The zero-order chi connectivity index (χ0) is 26.2.